The fourth-order valence-electron chi connectivity index (χ4n) is 2.72. The van der Waals surface area contributed by atoms with Gasteiger partial charge in [-0.15, -0.1) is 0 Å². The van der Waals surface area contributed by atoms with Gasteiger partial charge in [-0.2, -0.15) is 0 Å². The van der Waals surface area contributed by atoms with Gasteiger partial charge in [0.05, 0.1) is 5.69 Å². The highest BCUT2D eigenvalue weighted by Gasteiger charge is 2.17. The number of fused-ring (bicyclic) bond motifs is 3. The Morgan fingerprint density at radius 2 is 1.87 bits per heavy atom. The van der Waals surface area contributed by atoms with E-state index in [1.165, 1.54) is 22.4 Å². The van der Waals surface area contributed by atoms with E-state index in [0.29, 0.717) is 16.2 Å². The SMILES string of the molecule is CSc1nc2c([nH]c3ccccc32)c(=O)n1-c1ccccc1F. The molecule has 6 heteroatoms. The number of benzene rings is 2. The molecule has 1 N–H and O–H groups in total. The molecule has 2 heterocycles. The van der Waals surface area contributed by atoms with Gasteiger partial charge in [0, 0.05) is 10.9 Å². The van der Waals surface area contributed by atoms with Crippen LogP contribution in [0.2, 0.25) is 0 Å². The summed E-state index contributed by atoms with van der Waals surface area (Å²) >= 11 is 1.31. The Labute approximate surface area is 135 Å². The predicted molar refractivity (Wildman–Crippen MR) is 90.9 cm³/mol. The summed E-state index contributed by atoms with van der Waals surface area (Å²) in [6.45, 7) is 0. The molecule has 0 saturated carbocycles. The number of nitrogens with one attached hydrogen (secondary N) is 1. The van der Waals surface area contributed by atoms with E-state index in [1.54, 1.807) is 18.2 Å². The van der Waals surface area contributed by atoms with Gasteiger partial charge in [-0.05, 0) is 24.5 Å². The quantitative estimate of drug-likeness (QED) is 0.451. The molecule has 2 aromatic carbocycles. The van der Waals surface area contributed by atoms with Crippen LogP contribution in [0.5, 0.6) is 0 Å². The van der Waals surface area contributed by atoms with Gasteiger partial charge in [-0.25, -0.2) is 9.37 Å². The second kappa shape index (κ2) is 5.24. The molecule has 0 aliphatic carbocycles. The third kappa shape index (κ3) is 2.06. The van der Waals surface area contributed by atoms with E-state index in [1.807, 2.05) is 30.5 Å². The number of hydrogen-bond donors (Lipinski definition) is 1. The zero-order chi connectivity index (χ0) is 16.0. The Bertz CT molecular complexity index is 1100. The Morgan fingerprint density at radius 1 is 1.13 bits per heavy atom. The van der Waals surface area contributed by atoms with Gasteiger partial charge in [0.1, 0.15) is 16.9 Å². The fraction of sp³-hybridized carbons (Fsp3) is 0.0588. The molecule has 2 aromatic heterocycles. The lowest BCUT2D eigenvalue weighted by Gasteiger charge is -2.11. The number of aromatic amines is 1. The predicted octanol–water partition coefficient (Wildman–Crippen LogP) is 3.73. The number of thioether (sulfide) groups is 1. The van der Waals surface area contributed by atoms with E-state index in [9.17, 15) is 9.18 Å². The number of H-pyrrole nitrogens is 1. The average Bonchev–Trinajstić information content (AvgIpc) is 2.95. The highest BCUT2D eigenvalue weighted by atomic mass is 32.2. The van der Waals surface area contributed by atoms with Gasteiger partial charge in [-0.1, -0.05) is 42.1 Å². The number of rotatable bonds is 2. The first-order valence-corrected chi connectivity index (χ1v) is 8.25. The molecule has 0 unspecified atom stereocenters. The number of para-hydroxylation sites is 2. The summed E-state index contributed by atoms with van der Waals surface area (Å²) in [5.41, 5.74) is 1.73. The molecule has 0 amide bonds. The van der Waals surface area contributed by atoms with Crippen LogP contribution in [0.4, 0.5) is 4.39 Å². The largest absolute Gasteiger partial charge is 0.349 e. The maximum absolute atomic E-state index is 14.2. The summed E-state index contributed by atoms with van der Waals surface area (Å²) in [7, 11) is 0. The molecule has 0 aliphatic heterocycles. The van der Waals surface area contributed by atoms with E-state index in [0.717, 1.165) is 10.9 Å². The first-order chi connectivity index (χ1) is 11.2. The Morgan fingerprint density at radius 3 is 2.65 bits per heavy atom. The summed E-state index contributed by atoms with van der Waals surface area (Å²) in [4.78, 5) is 20.6. The Hall–Kier alpha value is -2.60. The third-order valence-electron chi connectivity index (χ3n) is 3.77. The second-order valence-corrected chi connectivity index (χ2v) is 5.86. The molecule has 114 valence electrons. The topological polar surface area (TPSA) is 50.7 Å². The molecule has 0 aliphatic rings. The summed E-state index contributed by atoms with van der Waals surface area (Å²) in [6, 6.07) is 13.8. The second-order valence-electron chi connectivity index (χ2n) is 5.08. The van der Waals surface area contributed by atoms with Crippen LogP contribution < -0.4 is 5.56 Å². The van der Waals surface area contributed by atoms with Crippen LogP contribution >= 0.6 is 11.8 Å². The monoisotopic (exact) mass is 325 g/mol. The summed E-state index contributed by atoms with van der Waals surface area (Å²) < 4.78 is 15.5. The standard InChI is InChI=1S/C17H12FN3OS/c1-23-17-20-14-10-6-2-4-8-12(10)19-15(14)16(22)21(17)13-9-5-3-7-11(13)18/h2-9,19H,1H3. The minimum Gasteiger partial charge on any atom is -0.349 e. The smallest absolute Gasteiger partial charge is 0.283 e. The molecule has 0 fully saturated rings. The maximum Gasteiger partial charge on any atom is 0.283 e. The van der Waals surface area contributed by atoms with Crippen molar-refractivity contribution in [1.29, 1.82) is 0 Å². The highest BCUT2D eigenvalue weighted by molar-refractivity contribution is 7.98. The molecular formula is C17H12FN3OS. The summed E-state index contributed by atoms with van der Waals surface area (Å²) in [6.07, 6.45) is 1.82. The van der Waals surface area contributed by atoms with Gasteiger partial charge < -0.3 is 4.98 Å². The number of aromatic nitrogens is 3. The molecule has 0 bridgehead atoms. The third-order valence-corrected chi connectivity index (χ3v) is 4.41. The highest BCUT2D eigenvalue weighted by Crippen LogP contribution is 2.25. The van der Waals surface area contributed by atoms with Gasteiger partial charge >= 0.3 is 0 Å². The van der Waals surface area contributed by atoms with Crippen LogP contribution in [-0.4, -0.2) is 20.8 Å². The summed E-state index contributed by atoms with van der Waals surface area (Å²) in [5, 5.41) is 1.34. The van der Waals surface area contributed by atoms with Crippen LogP contribution in [0.25, 0.3) is 27.6 Å². The van der Waals surface area contributed by atoms with Gasteiger partial charge in [0.2, 0.25) is 0 Å². The van der Waals surface area contributed by atoms with Crippen molar-refractivity contribution in [2.24, 2.45) is 0 Å². The molecule has 4 aromatic rings. The number of nitrogens with zero attached hydrogens (tertiary/aromatic N) is 2. The summed E-state index contributed by atoms with van der Waals surface area (Å²) in [5.74, 6) is -0.456. The van der Waals surface area contributed by atoms with Crippen LogP contribution in [0.15, 0.2) is 58.5 Å². The zero-order valence-corrected chi connectivity index (χ0v) is 13.0. The Kier molecular flexibility index (Phi) is 3.20. The Balaban J connectivity index is 2.17. The van der Waals surface area contributed by atoms with E-state index < -0.39 is 5.82 Å². The first-order valence-electron chi connectivity index (χ1n) is 7.03. The van der Waals surface area contributed by atoms with E-state index in [2.05, 4.69) is 9.97 Å². The van der Waals surface area contributed by atoms with Gasteiger partial charge in [0.15, 0.2) is 5.16 Å². The van der Waals surface area contributed by atoms with Gasteiger partial charge in [0.25, 0.3) is 5.56 Å². The molecule has 0 spiro atoms. The molecular weight excluding hydrogens is 313 g/mol. The van der Waals surface area contributed by atoms with Crippen molar-refractivity contribution < 1.29 is 4.39 Å². The molecule has 4 rings (SSSR count). The van der Waals surface area contributed by atoms with Crippen molar-refractivity contribution in [2.45, 2.75) is 5.16 Å². The van der Waals surface area contributed by atoms with Crippen molar-refractivity contribution in [1.82, 2.24) is 14.5 Å². The van der Waals surface area contributed by atoms with Crippen LogP contribution in [-0.2, 0) is 0 Å². The fourth-order valence-corrected chi connectivity index (χ4v) is 3.27. The van der Waals surface area contributed by atoms with E-state index >= 15 is 0 Å². The zero-order valence-electron chi connectivity index (χ0n) is 12.2. The average molecular weight is 325 g/mol. The minimum absolute atomic E-state index is 0.204. The van der Waals surface area contributed by atoms with Crippen molar-refractivity contribution >= 4 is 33.7 Å². The van der Waals surface area contributed by atoms with Gasteiger partial charge in [-0.3, -0.25) is 9.36 Å². The van der Waals surface area contributed by atoms with Crippen LogP contribution in [0.3, 0.4) is 0 Å². The van der Waals surface area contributed by atoms with Crippen molar-refractivity contribution in [2.75, 3.05) is 6.26 Å². The molecule has 0 radical (unpaired) electrons. The lowest BCUT2D eigenvalue weighted by Crippen LogP contribution is -2.22. The first kappa shape index (κ1) is 14.0. The minimum atomic E-state index is -0.456. The van der Waals surface area contributed by atoms with E-state index in [-0.39, 0.29) is 11.2 Å². The van der Waals surface area contributed by atoms with Crippen molar-refractivity contribution in [3.63, 3.8) is 0 Å². The van der Waals surface area contributed by atoms with E-state index in [4.69, 9.17) is 0 Å². The van der Waals surface area contributed by atoms with Crippen LogP contribution in [0.1, 0.15) is 0 Å². The van der Waals surface area contributed by atoms with Crippen molar-refractivity contribution in [3.8, 4) is 5.69 Å². The molecule has 23 heavy (non-hydrogen) atoms. The lowest BCUT2D eigenvalue weighted by atomic mass is 10.2. The van der Waals surface area contributed by atoms with Crippen molar-refractivity contribution in [3.05, 3.63) is 64.7 Å². The lowest BCUT2D eigenvalue weighted by molar-refractivity contribution is 0.608. The molecule has 4 nitrogen and oxygen atoms in total. The maximum atomic E-state index is 14.2. The molecule has 0 atom stereocenters. The normalized spacial score (nSPS) is 11.4. The molecule has 0 saturated heterocycles. The number of hydrogen-bond acceptors (Lipinski definition) is 3. The van der Waals surface area contributed by atoms with Crippen LogP contribution in [0, 0.1) is 5.82 Å². The number of halogens is 1.